The van der Waals surface area contributed by atoms with Gasteiger partial charge in [-0.15, -0.1) is 11.3 Å². The van der Waals surface area contributed by atoms with Gasteiger partial charge in [0, 0.05) is 17.5 Å². The van der Waals surface area contributed by atoms with Gasteiger partial charge in [0.25, 0.3) is 0 Å². The van der Waals surface area contributed by atoms with E-state index in [1.807, 2.05) is 42.8 Å². The molecule has 0 bridgehead atoms. The summed E-state index contributed by atoms with van der Waals surface area (Å²) in [7, 11) is 1.98. The molecule has 1 heterocycles. The number of nitriles is 1. The van der Waals surface area contributed by atoms with E-state index in [1.165, 1.54) is 4.88 Å². The highest BCUT2D eigenvalue weighted by Gasteiger charge is 2.10. The van der Waals surface area contributed by atoms with Crippen LogP contribution in [0.25, 0.3) is 0 Å². The van der Waals surface area contributed by atoms with Crippen LogP contribution in [0, 0.1) is 23.2 Å². The molecule has 2 rings (SSSR count). The molecule has 0 unspecified atom stereocenters. The minimum atomic E-state index is 0.363. The van der Waals surface area contributed by atoms with E-state index in [0.717, 1.165) is 17.8 Å². The van der Waals surface area contributed by atoms with Crippen molar-refractivity contribution in [3.05, 3.63) is 51.7 Å². The maximum Gasteiger partial charge on any atom is 0.101 e. The molecule has 2 N–H and O–H groups in total. The summed E-state index contributed by atoms with van der Waals surface area (Å²) < 4.78 is 0. The van der Waals surface area contributed by atoms with E-state index in [9.17, 15) is 0 Å². The lowest BCUT2D eigenvalue weighted by molar-refractivity contribution is 0.935. The lowest BCUT2D eigenvalue weighted by Gasteiger charge is -2.19. The molecule has 100 valence electrons. The maximum absolute atomic E-state index is 9.15. The molecular formula is C16H15N3S. The number of para-hydroxylation sites is 1. The zero-order valence-corrected chi connectivity index (χ0v) is 12.1. The smallest absolute Gasteiger partial charge is 0.101 e. The second kappa shape index (κ2) is 6.77. The van der Waals surface area contributed by atoms with E-state index in [-0.39, 0.29) is 0 Å². The van der Waals surface area contributed by atoms with Gasteiger partial charge in [-0.05, 0) is 23.6 Å². The molecule has 0 spiro atoms. The monoisotopic (exact) mass is 281 g/mol. The van der Waals surface area contributed by atoms with Crippen LogP contribution in [0.3, 0.4) is 0 Å². The van der Waals surface area contributed by atoms with Gasteiger partial charge < -0.3 is 10.6 Å². The molecular weight excluding hydrogens is 266 g/mol. The summed E-state index contributed by atoms with van der Waals surface area (Å²) in [5.41, 5.74) is 8.04. The minimum absolute atomic E-state index is 0.363. The van der Waals surface area contributed by atoms with E-state index >= 15 is 0 Å². The topological polar surface area (TPSA) is 53.0 Å². The third kappa shape index (κ3) is 3.19. The third-order valence-electron chi connectivity index (χ3n) is 2.89. The van der Waals surface area contributed by atoms with Crippen LogP contribution in [0.2, 0.25) is 0 Å². The summed E-state index contributed by atoms with van der Waals surface area (Å²) in [5, 5.41) is 11.2. The first kappa shape index (κ1) is 14.1. The zero-order valence-electron chi connectivity index (χ0n) is 11.3. The number of nitrogens with zero attached hydrogens (tertiary/aromatic N) is 2. The number of thiophene rings is 1. The van der Waals surface area contributed by atoms with E-state index in [0.29, 0.717) is 12.1 Å². The van der Waals surface area contributed by atoms with Crippen LogP contribution in [-0.4, -0.2) is 13.6 Å². The van der Waals surface area contributed by atoms with Crippen molar-refractivity contribution in [3.63, 3.8) is 0 Å². The van der Waals surface area contributed by atoms with Crippen LogP contribution >= 0.6 is 11.3 Å². The first-order valence-corrected chi connectivity index (χ1v) is 7.09. The van der Waals surface area contributed by atoms with Crippen molar-refractivity contribution < 1.29 is 0 Å². The Bertz CT molecular complexity index is 685. The van der Waals surface area contributed by atoms with E-state index in [2.05, 4.69) is 22.8 Å². The normalized spacial score (nSPS) is 9.45. The molecule has 0 saturated heterocycles. The van der Waals surface area contributed by atoms with Crippen LogP contribution in [0.15, 0.2) is 35.7 Å². The van der Waals surface area contributed by atoms with E-state index < -0.39 is 0 Å². The Morgan fingerprint density at radius 2 is 2.05 bits per heavy atom. The first-order valence-electron chi connectivity index (χ1n) is 6.22. The van der Waals surface area contributed by atoms with Gasteiger partial charge in [-0.3, -0.25) is 0 Å². The number of hydrogen-bond donors (Lipinski definition) is 1. The molecule has 0 aliphatic rings. The van der Waals surface area contributed by atoms with Gasteiger partial charge >= 0.3 is 0 Å². The maximum atomic E-state index is 9.15. The molecule has 4 heteroatoms. The number of anilines is 1. The second-order valence-electron chi connectivity index (χ2n) is 4.25. The number of benzene rings is 1. The zero-order chi connectivity index (χ0) is 14.4. The summed E-state index contributed by atoms with van der Waals surface area (Å²) in [6, 6.07) is 11.8. The largest absolute Gasteiger partial charge is 0.368 e. The van der Waals surface area contributed by atoms with Gasteiger partial charge in [0.1, 0.15) is 6.07 Å². The van der Waals surface area contributed by atoms with Crippen molar-refractivity contribution in [1.29, 1.82) is 5.26 Å². The number of nitrogens with two attached hydrogens (primary N) is 1. The predicted octanol–water partition coefficient (Wildman–Crippen LogP) is 2.57. The molecule has 0 radical (unpaired) electrons. The van der Waals surface area contributed by atoms with Gasteiger partial charge in [-0.1, -0.05) is 24.0 Å². The van der Waals surface area contributed by atoms with Crippen LogP contribution in [-0.2, 0) is 6.54 Å². The average Bonchev–Trinajstić information content (AvgIpc) is 2.92. The van der Waals surface area contributed by atoms with Gasteiger partial charge in [-0.25, -0.2) is 0 Å². The Balaban J connectivity index is 2.22. The number of hydrogen-bond acceptors (Lipinski definition) is 4. The Kier molecular flexibility index (Phi) is 4.79. The summed E-state index contributed by atoms with van der Waals surface area (Å²) in [6.07, 6.45) is 0. The Labute approximate surface area is 123 Å². The molecule has 1 aromatic heterocycles. The fourth-order valence-electron chi connectivity index (χ4n) is 1.92. The summed E-state index contributed by atoms with van der Waals surface area (Å²) >= 11 is 1.67. The lowest BCUT2D eigenvalue weighted by atomic mass is 10.1. The van der Waals surface area contributed by atoms with Crippen molar-refractivity contribution in [2.75, 3.05) is 18.5 Å². The van der Waals surface area contributed by atoms with Crippen molar-refractivity contribution in [2.24, 2.45) is 5.73 Å². The molecule has 0 amide bonds. The summed E-state index contributed by atoms with van der Waals surface area (Å²) in [4.78, 5) is 3.25. The lowest BCUT2D eigenvalue weighted by Crippen LogP contribution is -2.17. The second-order valence-corrected chi connectivity index (χ2v) is 5.25. The van der Waals surface area contributed by atoms with Crippen molar-refractivity contribution >= 4 is 17.0 Å². The quantitative estimate of drug-likeness (QED) is 0.880. The predicted molar refractivity (Wildman–Crippen MR) is 83.5 cm³/mol. The first-order chi connectivity index (χ1) is 9.76. The standard InChI is InChI=1S/C16H15N3S/c1-19(15-7-3-2-5-14(15)11-18)12-16-13(6-4-9-17)8-10-20-16/h2-3,5,7-8,10H,9,12,17H2,1H3. The molecule has 20 heavy (non-hydrogen) atoms. The van der Waals surface area contributed by atoms with Gasteiger partial charge in [0.05, 0.1) is 24.3 Å². The Morgan fingerprint density at radius 1 is 1.25 bits per heavy atom. The van der Waals surface area contributed by atoms with Crippen LogP contribution in [0.5, 0.6) is 0 Å². The molecule has 0 aliphatic heterocycles. The van der Waals surface area contributed by atoms with Gasteiger partial charge in [-0.2, -0.15) is 5.26 Å². The summed E-state index contributed by atoms with van der Waals surface area (Å²) in [6.45, 7) is 1.09. The molecule has 0 fully saturated rings. The highest BCUT2D eigenvalue weighted by atomic mass is 32.1. The fourth-order valence-corrected chi connectivity index (χ4v) is 2.80. The van der Waals surface area contributed by atoms with Crippen LogP contribution in [0.4, 0.5) is 5.69 Å². The molecule has 3 nitrogen and oxygen atoms in total. The highest BCUT2D eigenvalue weighted by molar-refractivity contribution is 7.10. The molecule has 0 atom stereocenters. The van der Waals surface area contributed by atoms with E-state index in [1.54, 1.807) is 11.3 Å². The molecule has 1 aromatic carbocycles. The number of rotatable bonds is 3. The van der Waals surface area contributed by atoms with Crippen LogP contribution < -0.4 is 10.6 Å². The van der Waals surface area contributed by atoms with Crippen LogP contribution in [0.1, 0.15) is 16.0 Å². The van der Waals surface area contributed by atoms with Gasteiger partial charge in [0.15, 0.2) is 0 Å². The molecule has 0 aliphatic carbocycles. The Morgan fingerprint density at radius 3 is 2.80 bits per heavy atom. The highest BCUT2D eigenvalue weighted by Crippen LogP contribution is 2.23. The van der Waals surface area contributed by atoms with Gasteiger partial charge in [0.2, 0.25) is 0 Å². The summed E-state index contributed by atoms with van der Waals surface area (Å²) in [5.74, 6) is 5.96. The van der Waals surface area contributed by atoms with E-state index in [4.69, 9.17) is 11.0 Å². The minimum Gasteiger partial charge on any atom is -0.368 e. The van der Waals surface area contributed by atoms with Crippen molar-refractivity contribution in [3.8, 4) is 17.9 Å². The fraction of sp³-hybridized carbons (Fsp3) is 0.188. The van der Waals surface area contributed by atoms with Crippen molar-refractivity contribution in [2.45, 2.75) is 6.54 Å². The Hall–Kier alpha value is -2.27. The third-order valence-corrected chi connectivity index (χ3v) is 3.79. The molecule has 2 aromatic rings. The SMILES string of the molecule is CN(Cc1sccc1C#CCN)c1ccccc1C#N. The average molecular weight is 281 g/mol. The van der Waals surface area contributed by atoms with Crippen molar-refractivity contribution in [1.82, 2.24) is 0 Å². The molecule has 0 saturated carbocycles.